The van der Waals surface area contributed by atoms with E-state index in [1.54, 1.807) is 16.7 Å². The van der Waals surface area contributed by atoms with Crippen molar-refractivity contribution in [2.75, 3.05) is 52.4 Å². The normalized spacial score (nSPS) is 19.1. The minimum Gasteiger partial charge on any atom is -0.463 e. The molecule has 1 unspecified atom stereocenters. The molecular weight excluding hydrogens is 446 g/mol. The largest absolute Gasteiger partial charge is 0.463 e. The smallest absolute Gasteiger partial charge is 0.338 e. The number of carbonyl (C=O) groups excluding carboxylic acids is 3. The molecule has 9 heteroatoms. The van der Waals surface area contributed by atoms with Gasteiger partial charge >= 0.3 is 18.0 Å². The summed E-state index contributed by atoms with van der Waals surface area (Å²) in [5.41, 5.74) is 3.17. The van der Waals surface area contributed by atoms with Crippen LogP contribution in [-0.2, 0) is 9.53 Å². The van der Waals surface area contributed by atoms with Crippen LogP contribution in [0.25, 0.3) is 0 Å². The topological polar surface area (TPSA) is 94.2 Å². The summed E-state index contributed by atoms with van der Waals surface area (Å²) in [7, 11) is 0. The zero-order valence-corrected chi connectivity index (χ0v) is 21.6. The van der Waals surface area contributed by atoms with Gasteiger partial charge in [-0.05, 0) is 37.8 Å². The van der Waals surface area contributed by atoms with E-state index in [4.69, 9.17) is 4.74 Å². The van der Waals surface area contributed by atoms with Crippen molar-refractivity contribution in [3.05, 3.63) is 46.7 Å². The summed E-state index contributed by atoms with van der Waals surface area (Å²) in [5.74, 6) is -0.0332. The summed E-state index contributed by atoms with van der Waals surface area (Å²) < 4.78 is 5.46. The second-order valence-electron chi connectivity index (χ2n) is 9.13. The Morgan fingerprint density at radius 1 is 1.09 bits per heavy atom. The maximum atomic E-state index is 13.3. The lowest BCUT2D eigenvalue weighted by atomic mass is 9.92. The number of likely N-dealkylation sites (N-methyl/N-ethyl adjacent to an activating group) is 1. The maximum absolute atomic E-state index is 13.3. The number of hydrogen-bond donors (Lipinski definition) is 2. The highest BCUT2D eigenvalue weighted by molar-refractivity contribution is 5.95. The summed E-state index contributed by atoms with van der Waals surface area (Å²) >= 11 is 0. The number of benzene rings is 1. The Balaban J connectivity index is 1.93. The van der Waals surface area contributed by atoms with Crippen molar-refractivity contribution < 1.29 is 19.1 Å². The fourth-order valence-electron chi connectivity index (χ4n) is 4.56. The Hall–Kier alpha value is -3.07. The van der Waals surface area contributed by atoms with Crippen molar-refractivity contribution >= 4 is 18.0 Å². The molecular formula is C26H39N5O4. The summed E-state index contributed by atoms with van der Waals surface area (Å²) in [6.07, 6.45) is 0. The van der Waals surface area contributed by atoms with E-state index in [0.717, 1.165) is 5.56 Å². The van der Waals surface area contributed by atoms with E-state index in [9.17, 15) is 14.4 Å². The maximum Gasteiger partial charge on any atom is 0.338 e. The molecule has 2 heterocycles. The van der Waals surface area contributed by atoms with E-state index in [1.807, 2.05) is 38.1 Å². The fourth-order valence-corrected chi connectivity index (χ4v) is 4.56. The second kappa shape index (κ2) is 12.1. The SMILES string of the molecule is CCNC(=O)N1CCN(CC2=C(C(=O)OCC)C(c3ccc(C(C)C)cc3)NC(=O)N2CC)CC1. The zero-order valence-electron chi connectivity index (χ0n) is 21.6. The third-order valence-electron chi connectivity index (χ3n) is 6.55. The van der Waals surface area contributed by atoms with Crippen LogP contribution in [0, 0.1) is 0 Å². The average Bonchev–Trinajstić information content (AvgIpc) is 2.84. The van der Waals surface area contributed by atoms with Crippen molar-refractivity contribution in [1.82, 2.24) is 25.3 Å². The van der Waals surface area contributed by atoms with Crippen LogP contribution >= 0.6 is 0 Å². The fraction of sp³-hybridized carbons (Fsp3) is 0.577. The van der Waals surface area contributed by atoms with Gasteiger partial charge in [0.25, 0.3) is 0 Å². The number of nitrogens with one attached hydrogen (secondary N) is 2. The molecule has 0 bridgehead atoms. The molecule has 1 saturated heterocycles. The monoisotopic (exact) mass is 485 g/mol. The quantitative estimate of drug-likeness (QED) is 0.552. The first-order valence-electron chi connectivity index (χ1n) is 12.6. The molecule has 0 spiro atoms. The lowest BCUT2D eigenvalue weighted by Crippen LogP contribution is -2.55. The average molecular weight is 486 g/mol. The molecule has 2 aliphatic heterocycles. The third-order valence-corrected chi connectivity index (χ3v) is 6.55. The van der Waals surface area contributed by atoms with Crippen molar-refractivity contribution in [2.24, 2.45) is 0 Å². The number of ether oxygens (including phenoxy) is 1. The lowest BCUT2D eigenvalue weighted by Gasteiger charge is -2.40. The predicted molar refractivity (Wildman–Crippen MR) is 135 cm³/mol. The summed E-state index contributed by atoms with van der Waals surface area (Å²) in [6.45, 7) is 14.0. The van der Waals surface area contributed by atoms with Gasteiger partial charge in [0.05, 0.1) is 18.2 Å². The standard InChI is InChI=1S/C26H39N5O4/c1-6-27-25(33)30-15-13-29(14-16-30)17-21-22(24(32)35-8-3)23(28-26(34)31(21)7-2)20-11-9-19(10-12-20)18(4)5/h9-12,18,23H,6-8,13-17H2,1-5H3,(H,27,33)(H,28,34). The first-order valence-corrected chi connectivity index (χ1v) is 12.6. The molecule has 3 rings (SSSR count). The van der Waals surface area contributed by atoms with Gasteiger partial charge in [0, 0.05) is 51.5 Å². The molecule has 1 fully saturated rings. The summed E-state index contributed by atoms with van der Waals surface area (Å²) in [6, 6.07) is 7.17. The third kappa shape index (κ3) is 6.14. The molecule has 1 aromatic carbocycles. The van der Waals surface area contributed by atoms with E-state index >= 15 is 0 Å². The van der Waals surface area contributed by atoms with Gasteiger partial charge in [-0.1, -0.05) is 38.1 Å². The van der Waals surface area contributed by atoms with Gasteiger partial charge in [0.1, 0.15) is 0 Å². The molecule has 4 amide bonds. The number of amides is 4. The number of esters is 1. The Bertz CT molecular complexity index is 936. The van der Waals surface area contributed by atoms with Crippen molar-refractivity contribution in [3.8, 4) is 0 Å². The number of carbonyl (C=O) groups is 3. The van der Waals surface area contributed by atoms with E-state index in [1.165, 1.54) is 5.56 Å². The Kier molecular flexibility index (Phi) is 9.14. The molecule has 0 aliphatic carbocycles. The zero-order chi connectivity index (χ0) is 25.5. The predicted octanol–water partition coefficient (Wildman–Crippen LogP) is 3.06. The minimum atomic E-state index is -0.586. The number of nitrogens with zero attached hydrogens (tertiary/aromatic N) is 3. The van der Waals surface area contributed by atoms with E-state index < -0.39 is 12.0 Å². The highest BCUT2D eigenvalue weighted by Crippen LogP contribution is 2.33. The molecule has 1 aromatic rings. The molecule has 0 radical (unpaired) electrons. The van der Waals surface area contributed by atoms with Gasteiger partial charge in [-0.25, -0.2) is 14.4 Å². The minimum absolute atomic E-state index is 0.0595. The molecule has 9 nitrogen and oxygen atoms in total. The molecule has 35 heavy (non-hydrogen) atoms. The van der Waals surface area contributed by atoms with Gasteiger partial charge in [-0.3, -0.25) is 9.80 Å². The highest BCUT2D eigenvalue weighted by Gasteiger charge is 2.38. The van der Waals surface area contributed by atoms with Crippen LogP contribution in [0.2, 0.25) is 0 Å². The van der Waals surface area contributed by atoms with Crippen LogP contribution in [0.4, 0.5) is 9.59 Å². The summed E-state index contributed by atoms with van der Waals surface area (Å²) in [4.78, 5) is 44.2. The van der Waals surface area contributed by atoms with Crippen molar-refractivity contribution in [3.63, 3.8) is 0 Å². The number of rotatable bonds is 8. The van der Waals surface area contributed by atoms with E-state index in [0.29, 0.717) is 63.0 Å². The first kappa shape index (κ1) is 26.5. The van der Waals surface area contributed by atoms with Gasteiger partial charge in [-0.15, -0.1) is 0 Å². The number of hydrogen-bond acceptors (Lipinski definition) is 5. The van der Waals surface area contributed by atoms with Crippen molar-refractivity contribution in [2.45, 2.75) is 46.6 Å². The van der Waals surface area contributed by atoms with Crippen LogP contribution in [-0.4, -0.2) is 85.2 Å². The first-order chi connectivity index (χ1) is 16.8. The van der Waals surface area contributed by atoms with Crippen LogP contribution in [0.5, 0.6) is 0 Å². The van der Waals surface area contributed by atoms with E-state index in [2.05, 4.69) is 29.4 Å². The molecule has 0 saturated carbocycles. The molecule has 0 aromatic heterocycles. The second-order valence-corrected chi connectivity index (χ2v) is 9.13. The summed E-state index contributed by atoms with van der Waals surface area (Å²) in [5, 5.41) is 5.86. The molecule has 2 aliphatic rings. The highest BCUT2D eigenvalue weighted by atomic mass is 16.5. The molecule has 1 atom stereocenters. The van der Waals surface area contributed by atoms with Gasteiger partial charge in [-0.2, -0.15) is 0 Å². The molecule has 192 valence electrons. The Labute approximate surface area is 208 Å². The number of piperazine rings is 1. The van der Waals surface area contributed by atoms with E-state index in [-0.39, 0.29) is 18.7 Å². The van der Waals surface area contributed by atoms with Gasteiger partial charge < -0.3 is 20.3 Å². The van der Waals surface area contributed by atoms with Gasteiger partial charge in [0.15, 0.2) is 0 Å². The Morgan fingerprint density at radius 2 is 1.74 bits per heavy atom. The van der Waals surface area contributed by atoms with Crippen LogP contribution in [0.1, 0.15) is 57.7 Å². The van der Waals surface area contributed by atoms with Crippen LogP contribution in [0.3, 0.4) is 0 Å². The number of urea groups is 2. The van der Waals surface area contributed by atoms with Gasteiger partial charge in [0.2, 0.25) is 0 Å². The molecule has 2 N–H and O–H groups in total. The lowest BCUT2D eigenvalue weighted by molar-refractivity contribution is -0.139. The van der Waals surface area contributed by atoms with Crippen molar-refractivity contribution in [1.29, 1.82) is 0 Å². The Morgan fingerprint density at radius 3 is 2.29 bits per heavy atom. The van der Waals surface area contributed by atoms with Crippen LogP contribution in [0.15, 0.2) is 35.5 Å². The van der Waals surface area contributed by atoms with Crippen LogP contribution < -0.4 is 10.6 Å².